The summed E-state index contributed by atoms with van der Waals surface area (Å²) >= 11 is 1.81. The van der Waals surface area contributed by atoms with Gasteiger partial charge in [-0.3, -0.25) is 0 Å². The lowest BCUT2D eigenvalue weighted by Gasteiger charge is -2.08. The molecule has 2 unspecified atom stereocenters. The van der Waals surface area contributed by atoms with Crippen LogP contribution in [0.3, 0.4) is 0 Å². The Bertz CT molecular complexity index is 260. The van der Waals surface area contributed by atoms with E-state index in [9.17, 15) is 0 Å². The molecule has 2 atom stereocenters. The zero-order valence-electron chi connectivity index (χ0n) is 8.53. The molecule has 0 bridgehead atoms. The maximum Gasteiger partial charge on any atom is 0.0551 e. The third-order valence-corrected chi connectivity index (χ3v) is 3.47. The summed E-state index contributed by atoms with van der Waals surface area (Å²) in [5, 5.41) is 5.60. The van der Waals surface area contributed by atoms with E-state index in [-0.39, 0.29) is 0 Å². The van der Waals surface area contributed by atoms with Crippen molar-refractivity contribution in [3.8, 4) is 0 Å². The first kappa shape index (κ1) is 10.1. The summed E-state index contributed by atoms with van der Waals surface area (Å²) in [6, 6.07) is 4.27. The Labute approximate surface area is 89.3 Å². The van der Waals surface area contributed by atoms with Crippen LogP contribution in [0.25, 0.3) is 0 Å². The van der Waals surface area contributed by atoms with Crippen molar-refractivity contribution in [1.82, 2.24) is 5.32 Å². The van der Waals surface area contributed by atoms with Crippen molar-refractivity contribution >= 4 is 11.3 Å². The average Bonchev–Trinajstić information content (AvgIpc) is 2.77. The predicted octanol–water partition coefficient (Wildman–Crippen LogP) is 2.26. The van der Waals surface area contributed by atoms with Crippen LogP contribution in [-0.4, -0.2) is 19.3 Å². The molecule has 2 nitrogen and oxygen atoms in total. The first-order valence-corrected chi connectivity index (χ1v) is 6.07. The van der Waals surface area contributed by atoms with E-state index < -0.39 is 0 Å². The molecule has 2 heterocycles. The van der Waals surface area contributed by atoms with Crippen molar-refractivity contribution in [1.29, 1.82) is 0 Å². The van der Waals surface area contributed by atoms with E-state index in [1.165, 1.54) is 11.3 Å². The molecule has 0 saturated carbocycles. The van der Waals surface area contributed by atoms with Gasteiger partial charge in [0.15, 0.2) is 0 Å². The van der Waals surface area contributed by atoms with Crippen molar-refractivity contribution in [3.63, 3.8) is 0 Å². The van der Waals surface area contributed by atoms with Gasteiger partial charge in [-0.1, -0.05) is 6.07 Å². The summed E-state index contributed by atoms with van der Waals surface area (Å²) in [6.45, 7) is 5.17. The van der Waals surface area contributed by atoms with E-state index in [4.69, 9.17) is 4.74 Å². The highest BCUT2D eigenvalue weighted by Gasteiger charge is 2.21. The molecule has 1 saturated heterocycles. The van der Waals surface area contributed by atoms with Crippen molar-refractivity contribution in [2.45, 2.75) is 26.0 Å². The van der Waals surface area contributed by atoms with Crippen molar-refractivity contribution < 1.29 is 4.74 Å². The summed E-state index contributed by atoms with van der Waals surface area (Å²) in [7, 11) is 0. The van der Waals surface area contributed by atoms with Crippen LogP contribution in [0.2, 0.25) is 0 Å². The van der Waals surface area contributed by atoms with Gasteiger partial charge in [0.25, 0.3) is 0 Å². The third-order valence-electron chi connectivity index (χ3n) is 2.59. The van der Waals surface area contributed by atoms with Crippen molar-refractivity contribution in [2.75, 3.05) is 13.2 Å². The van der Waals surface area contributed by atoms with Gasteiger partial charge >= 0.3 is 0 Å². The highest BCUT2D eigenvalue weighted by Crippen LogP contribution is 2.18. The monoisotopic (exact) mass is 211 g/mol. The molecule has 1 fully saturated rings. The Kier molecular flexibility index (Phi) is 3.56. The number of nitrogens with one attached hydrogen (secondary N) is 1. The summed E-state index contributed by atoms with van der Waals surface area (Å²) < 4.78 is 5.52. The molecule has 78 valence electrons. The average molecular weight is 211 g/mol. The van der Waals surface area contributed by atoms with Crippen LogP contribution in [0, 0.1) is 5.92 Å². The maximum absolute atomic E-state index is 5.52. The highest BCUT2D eigenvalue weighted by molar-refractivity contribution is 7.09. The second-order valence-corrected chi connectivity index (χ2v) is 4.99. The Morgan fingerprint density at radius 3 is 3.21 bits per heavy atom. The van der Waals surface area contributed by atoms with Gasteiger partial charge < -0.3 is 10.1 Å². The quantitative estimate of drug-likeness (QED) is 0.825. The molecule has 2 rings (SSSR count). The molecule has 0 aromatic carbocycles. The van der Waals surface area contributed by atoms with E-state index in [2.05, 4.69) is 29.8 Å². The minimum atomic E-state index is 0.462. The van der Waals surface area contributed by atoms with E-state index in [1.54, 1.807) is 0 Å². The molecule has 1 aromatic rings. The van der Waals surface area contributed by atoms with Gasteiger partial charge in [-0.25, -0.2) is 0 Å². The minimum absolute atomic E-state index is 0.462. The SMILES string of the molecule is CC1CC(CNCc2cccs2)CO1. The zero-order chi connectivity index (χ0) is 9.80. The third kappa shape index (κ3) is 2.80. The van der Waals surface area contributed by atoms with Crippen LogP contribution in [0.5, 0.6) is 0 Å². The summed E-state index contributed by atoms with van der Waals surface area (Å²) in [6.07, 6.45) is 1.67. The molecule has 0 aliphatic carbocycles. The Balaban J connectivity index is 1.64. The first-order chi connectivity index (χ1) is 6.84. The van der Waals surface area contributed by atoms with Gasteiger partial charge in [0.1, 0.15) is 0 Å². The van der Waals surface area contributed by atoms with E-state index in [0.29, 0.717) is 12.0 Å². The van der Waals surface area contributed by atoms with Crippen LogP contribution in [0.4, 0.5) is 0 Å². The molecule has 14 heavy (non-hydrogen) atoms. The summed E-state index contributed by atoms with van der Waals surface area (Å²) in [4.78, 5) is 1.41. The molecule has 0 spiro atoms. The zero-order valence-corrected chi connectivity index (χ0v) is 9.35. The number of hydrogen-bond donors (Lipinski definition) is 1. The lowest BCUT2D eigenvalue weighted by atomic mass is 10.1. The normalized spacial score (nSPS) is 26.9. The number of thiophene rings is 1. The Hall–Kier alpha value is -0.380. The molecule has 3 heteroatoms. The van der Waals surface area contributed by atoms with Crippen LogP contribution in [-0.2, 0) is 11.3 Å². The van der Waals surface area contributed by atoms with Gasteiger partial charge in [-0.05, 0) is 30.7 Å². The van der Waals surface area contributed by atoms with Gasteiger partial charge in [-0.2, -0.15) is 0 Å². The van der Waals surface area contributed by atoms with E-state index in [0.717, 1.165) is 19.7 Å². The Morgan fingerprint density at radius 1 is 1.64 bits per heavy atom. The van der Waals surface area contributed by atoms with Crippen LogP contribution >= 0.6 is 11.3 Å². The second-order valence-electron chi connectivity index (χ2n) is 3.96. The van der Waals surface area contributed by atoms with Crippen molar-refractivity contribution in [2.24, 2.45) is 5.92 Å². The highest BCUT2D eigenvalue weighted by atomic mass is 32.1. The van der Waals surface area contributed by atoms with Crippen LogP contribution in [0.1, 0.15) is 18.2 Å². The number of ether oxygens (including phenoxy) is 1. The molecule has 0 amide bonds. The van der Waals surface area contributed by atoms with Gasteiger partial charge in [-0.15, -0.1) is 11.3 Å². The lowest BCUT2D eigenvalue weighted by molar-refractivity contribution is 0.120. The molecular weight excluding hydrogens is 194 g/mol. The molecule has 1 N–H and O–H groups in total. The maximum atomic E-state index is 5.52. The van der Waals surface area contributed by atoms with Crippen LogP contribution < -0.4 is 5.32 Å². The smallest absolute Gasteiger partial charge is 0.0551 e. The Morgan fingerprint density at radius 2 is 2.57 bits per heavy atom. The standard InChI is InChI=1S/C11H17NOS/c1-9-5-10(8-13-9)6-12-7-11-3-2-4-14-11/h2-4,9-10,12H,5-8H2,1H3. The number of rotatable bonds is 4. The molecule has 1 aliphatic rings. The topological polar surface area (TPSA) is 21.3 Å². The fourth-order valence-corrected chi connectivity index (χ4v) is 2.54. The first-order valence-electron chi connectivity index (χ1n) is 5.19. The van der Waals surface area contributed by atoms with Gasteiger partial charge in [0.2, 0.25) is 0 Å². The second kappa shape index (κ2) is 4.91. The van der Waals surface area contributed by atoms with E-state index >= 15 is 0 Å². The largest absolute Gasteiger partial charge is 0.378 e. The predicted molar refractivity (Wildman–Crippen MR) is 59.5 cm³/mol. The summed E-state index contributed by atoms with van der Waals surface area (Å²) in [5.74, 6) is 0.713. The van der Waals surface area contributed by atoms with Gasteiger partial charge in [0.05, 0.1) is 12.7 Å². The van der Waals surface area contributed by atoms with Crippen molar-refractivity contribution in [3.05, 3.63) is 22.4 Å². The fraction of sp³-hybridized carbons (Fsp3) is 0.636. The molecule has 1 aliphatic heterocycles. The van der Waals surface area contributed by atoms with E-state index in [1.807, 2.05) is 11.3 Å². The lowest BCUT2D eigenvalue weighted by Crippen LogP contribution is -2.22. The molecule has 1 aromatic heterocycles. The minimum Gasteiger partial charge on any atom is -0.378 e. The van der Waals surface area contributed by atoms with Crippen LogP contribution in [0.15, 0.2) is 17.5 Å². The fourth-order valence-electron chi connectivity index (χ4n) is 1.86. The number of hydrogen-bond acceptors (Lipinski definition) is 3. The molecule has 0 radical (unpaired) electrons. The van der Waals surface area contributed by atoms with Gasteiger partial charge in [0, 0.05) is 18.0 Å². The molecular formula is C11H17NOS. The summed E-state index contributed by atoms with van der Waals surface area (Å²) in [5.41, 5.74) is 0.